The number of nitrogens with zero attached hydrogens (tertiary/aromatic N) is 2. The van der Waals surface area contributed by atoms with Crippen molar-refractivity contribution in [2.24, 2.45) is 0 Å². The topological polar surface area (TPSA) is 67.2 Å². The van der Waals surface area contributed by atoms with Gasteiger partial charge in [-0.3, -0.25) is 14.7 Å². The lowest BCUT2D eigenvalue weighted by Gasteiger charge is -2.02. The third-order valence-electron chi connectivity index (χ3n) is 3.40. The molecule has 0 aliphatic rings. The first-order valence-corrected chi connectivity index (χ1v) is 6.98. The fourth-order valence-electron chi connectivity index (χ4n) is 2.29. The van der Waals surface area contributed by atoms with Gasteiger partial charge in [0.15, 0.2) is 0 Å². The molecule has 0 atom stereocenters. The lowest BCUT2D eigenvalue weighted by Crippen LogP contribution is -2.14. The Morgan fingerprint density at radius 1 is 1.30 bits per heavy atom. The molecule has 0 spiro atoms. The van der Waals surface area contributed by atoms with E-state index in [4.69, 9.17) is 5.21 Å². The van der Waals surface area contributed by atoms with Gasteiger partial charge in [-0.25, -0.2) is 9.87 Å². The monoisotopic (exact) mass is 311 g/mol. The highest BCUT2D eigenvalue weighted by Crippen LogP contribution is 2.17. The number of benzene rings is 2. The molecule has 0 unspecified atom stereocenters. The van der Waals surface area contributed by atoms with E-state index in [-0.39, 0.29) is 5.82 Å². The van der Waals surface area contributed by atoms with Crippen LogP contribution in [0.3, 0.4) is 0 Å². The Hall–Kier alpha value is -2.99. The summed E-state index contributed by atoms with van der Waals surface area (Å²) in [6.07, 6.45) is 4.63. The van der Waals surface area contributed by atoms with E-state index in [1.807, 2.05) is 24.4 Å². The van der Waals surface area contributed by atoms with Crippen molar-refractivity contribution < 1.29 is 14.4 Å². The van der Waals surface area contributed by atoms with Crippen molar-refractivity contribution in [1.82, 2.24) is 15.3 Å². The van der Waals surface area contributed by atoms with Crippen molar-refractivity contribution in [2.75, 3.05) is 0 Å². The third kappa shape index (κ3) is 3.44. The largest absolute Gasteiger partial charge is 0.288 e. The van der Waals surface area contributed by atoms with Crippen molar-refractivity contribution in [1.29, 1.82) is 0 Å². The van der Waals surface area contributed by atoms with Crippen LogP contribution in [0.5, 0.6) is 0 Å². The maximum atomic E-state index is 13.7. The molecule has 5 nitrogen and oxygen atoms in total. The molecule has 3 rings (SSSR count). The number of carbonyl (C=O) groups is 1. The molecule has 1 heterocycles. The minimum Gasteiger partial charge on any atom is -0.288 e. The molecule has 0 aliphatic heterocycles. The maximum absolute atomic E-state index is 13.7. The quantitative estimate of drug-likeness (QED) is 0.442. The van der Waals surface area contributed by atoms with Crippen LogP contribution in [0.25, 0.3) is 17.0 Å². The van der Waals surface area contributed by atoms with Gasteiger partial charge in [0.05, 0.1) is 12.1 Å². The zero-order valence-electron chi connectivity index (χ0n) is 12.1. The molecule has 3 aromatic rings. The molecule has 0 radical (unpaired) electrons. The van der Waals surface area contributed by atoms with Crippen molar-refractivity contribution in [3.05, 3.63) is 71.7 Å². The zero-order valence-corrected chi connectivity index (χ0v) is 12.1. The lowest BCUT2D eigenvalue weighted by molar-refractivity contribution is -0.124. The van der Waals surface area contributed by atoms with Gasteiger partial charge in [0.2, 0.25) is 0 Å². The Kier molecular flexibility index (Phi) is 4.16. The molecule has 116 valence electrons. The van der Waals surface area contributed by atoms with E-state index < -0.39 is 5.91 Å². The lowest BCUT2D eigenvalue weighted by atomic mass is 10.1. The number of aromatic nitrogens is 2. The summed E-state index contributed by atoms with van der Waals surface area (Å²) >= 11 is 0. The number of hydrogen-bond donors (Lipinski definition) is 2. The maximum Gasteiger partial charge on any atom is 0.267 e. The van der Waals surface area contributed by atoms with E-state index >= 15 is 0 Å². The molecule has 2 aromatic carbocycles. The summed E-state index contributed by atoms with van der Waals surface area (Å²) in [4.78, 5) is 11.0. The van der Waals surface area contributed by atoms with Crippen LogP contribution in [-0.4, -0.2) is 20.9 Å². The van der Waals surface area contributed by atoms with Crippen LogP contribution in [0.4, 0.5) is 4.39 Å². The number of halogens is 1. The van der Waals surface area contributed by atoms with E-state index in [1.165, 1.54) is 17.6 Å². The fourth-order valence-corrected chi connectivity index (χ4v) is 2.29. The number of rotatable bonds is 4. The summed E-state index contributed by atoms with van der Waals surface area (Å²) in [6, 6.07) is 12.1. The van der Waals surface area contributed by atoms with Gasteiger partial charge in [-0.2, -0.15) is 5.10 Å². The zero-order chi connectivity index (χ0) is 16.2. The van der Waals surface area contributed by atoms with Gasteiger partial charge in [-0.05, 0) is 29.8 Å². The third-order valence-corrected chi connectivity index (χ3v) is 3.40. The molecule has 0 saturated heterocycles. The van der Waals surface area contributed by atoms with Gasteiger partial charge in [-0.1, -0.05) is 24.3 Å². The molecular formula is C17H14FN3O2. The van der Waals surface area contributed by atoms with Gasteiger partial charge in [0, 0.05) is 23.2 Å². The molecule has 0 saturated carbocycles. The molecule has 6 heteroatoms. The van der Waals surface area contributed by atoms with Crippen LogP contribution in [0.15, 0.2) is 54.7 Å². The van der Waals surface area contributed by atoms with Crippen LogP contribution >= 0.6 is 0 Å². The van der Waals surface area contributed by atoms with Crippen LogP contribution < -0.4 is 5.48 Å². The standard InChI is InChI=1S/C17H14FN3O2/c18-15-4-2-1-3-13(15)10-21-11-14-9-12(5-7-16(14)19-21)6-8-17(22)20-23/h1-9,11,23H,10H2,(H,20,22)/b8-6+. The van der Waals surface area contributed by atoms with E-state index in [9.17, 15) is 9.18 Å². The van der Waals surface area contributed by atoms with Gasteiger partial charge < -0.3 is 0 Å². The average molecular weight is 311 g/mol. The summed E-state index contributed by atoms with van der Waals surface area (Å²) < 4.78 is 15.4. The molecular weight excluding hydrogens is 297 g/mol. The van der Waals surface area contributed by atoms with Crippen LogP contribution in [0.1, 0.15) is 11.1 Å². The fraction of sp³-hybridized carbons (Fsp3) is 0.0588. The number of hydrogen-bond acceptors (Lipinski definition) is 3. The highest BCUT2D eigenvalue weighted by molar-refractivity contribution is 5.91. The first-order chi connectivity index (χ1) is 11.2. The Morgan fingerprint density at radius 3 is 2.91 bits per heavy atom. The normalized spacial score (nSPS) is 11.2. The summed E-state index contributed by atoms with van der Waals surface area (Å²) in [5, 5.41) is 13.7. The van der Waals surface area contributed by atoms with Crippen LogP contribution in [0.2, 0.25) is 0 Å². The first kappa shape index (κ1) is 14.9. The Bertz CT molecular complexity index is 886. The molecule has 1 amide bonds. The van der Waals surface area contributed by atoms with E-state index in [0.717, 1.165) is 16.5 Å². The summed E-state index contributed by atoms with van der Waals surface area (Å²) in [7, 11) is 0. The molecule has 1 aromatic heterocycles. The highest BCUT2D eigenvalue weighted by atomic mass is 19.1. The van der Waals surface area contributed by atoms with E-state index in [2.05, 4.69) is 5.10 Å². The minimum absolute atomic E-state index is 0.259. The van der Waals surface area contributed by atoms with Crippen LogP contribution in [0, 0.1) is 5.82 Å². The minimum atomic E-state index is -0.597. The van der Waals surface area contributed by atoms with Gasteiger partial charge in [0.1, 0.15) is 5.82 Å². The summed E-state index contributed by atoms with van der Waals surface area (Å²) in [6.45, 7) is 0.347. The van der Waals surface area contributed by atoms with Crippen molar-refractivity contribution in [3.8, 4) is 0 Å². The second-order valence-corrected chi connectivity index (χ2v) is 5.05. The molecule has 23 heavy (non-hydrogen) atoms. The smallest absolute Gasteiger partial charge is 0.267 e. The van der Waals surface area contributed by atoms with E-state index in [0.29, 0.717) is 12.1 Å². The Labute approximate surface area is 131 Å². The van der Waals surface area contributed by atoms with Crippen molar-refractivity contribution in [3.63, 3.8) is 0 Å². The molecule has 2 N–H and O–H groups in total. The van der Waals surface area contributed by atoms with Gasteiger partial charge >= 0.3 is 0 Å². The van der Waals surface area contributed by atoms with E-state index in [1.54, 1.807) is 29.0 Å². The second-order valence-electron chi connectivity index (χ2n) is 5.05. The molecule has 0 bridgehead atoms. The predicted octanol–water partition coefficient (Wildman–Crippen LogP) is 2.74. The summed E-state index contributed by atoms with van der Waals surface area (Å²) in [5.74, 6) is -0.856. The van der Waals surface area contributed by atoms with Gasteiger partial charge in [-0.15, -0.1) is 0 Å². The number of fused-ring (bicyclic) bond motifs is 1. The summed E-state index contributed by atoms with van der Waals surface area (Å²) in [5.41, 5.74) is 3.68. The second kappa shape index (κ2) is 6.41. The van der Waals surface area contributed by atoms with Gasteiger partial charge in [0.25, 0.3) is 5.91 Å². The SMILES string of the molecule is O=C(/C=C/c1ccc2nn(Cc3ccccc3F)cc2c1)NO. The van der Waals surface area contributed by atoms with Crippen LogP contribution in [-0.2, 0) is 11.3 Å². The van der Waals surface area contributed by atoms with Crippen molar-refractivity contribution in [2.45, 2.75) is 6.54 Å². The number of hydroxylamine groups is 1. The predicted molar refractivity (Wildman–Crippen MR) is 84.2 cm³/mol. The number of nitrogens with one attached hydrogen (secondary N) is 1. The average Bonchev–Trinajstić information content (AvgIpc) is 2.96. The number of carbonyl (C=O) groups excluding carboxylic acids is 1. The highest BCUT2D eigenvalue weighted by Gasteiger charge is 2.05. The number of amides is 1. The Balaban J connectivity index is 1.86. The molecule has 0 aliphatic carbocycles. The van der Waals surface area contributed by atoms with Crippen molar-refractivity contribution >= 4 is 22.9 Å². The molecule has 0 fully saturated rings. The Morgan fingerprint density at radius 2 is 2.13 bits per heavy atom. The first-order valence-electron chi connectivity index (χ1n) is 6.98.